The van der Waals surface area contributed by atoms with Gasteiger partial charge in [0, 0.05) is 22.3 Å². The monoisotopic (exact) mass is 342 g/mol. The van der Waals surface area contributed by atoms with Crippen LogP contribution in [0.15, 0.2) is 53.0 Å². The first-order chi connectivity index (χ1) is 10.1. The summed E-state index contributed by atoms with van der Waals surface area (Å²) in [5, 5.41) is 1.11. The number of rotatable bonds is 3. The third kappa shape index (κ3) is 2.85. The van der Waals surface area contributed by atoms with Crippen molar-refractivity contribution in [2.75, 3.05) is 5.73 Å². The molecule has 1 aromatic heterocycles. The Balaban J connectivity index is 1.93. The molecule has 0 bridgehead atoms. The quantitative estimate of drug-likeness (QED) is 0.714. The highest BCUT2D eigenvalue weighted by molar-refractivity contribution is 9.10. The van der Waals surface area contributed by atoms with Gasteiger partial charge in [-0.3, -0.25) is 4.98 Å². The van der Waals surface area contributed by atoms with Gasteiger partial charge in [-0.15, -0.1) is 0 Å². The molecule has 0 radical (unpaired) electrons. The van der Waals surface area contributed by atoms with Crippen LogP contribution >= 0.6 is 15.9 Å². The number of hydrogen-bond donors (Lipinski definition) is 1. The zero-order valence-corrected chi connectivity index (χ0v) is 13.2. The van der Waals surface area contributed by atoms with E-state index in [0.717, 1.165) is 32.4 Å². The third-order valence-corrected chi connectivity index (χ3v) is 4.15. The standard InChI is InChI=1S/C17H15BrN2O/c1-11-9-12(13-5-2-3-7-15(13)20-11)10-21-16-8-4-6-14(19)17(16)18/h2-9H,10,19H2,1H3. The zero-order valence-electron chi connectivity index (χ0n) is 11.6. The summed E-state index contributed by atoms with van der Waals surface area (Å²) in [6.07, 6.45) is 0. The molecule has 3 rings (SSSR count). The fourth-order valence-electron chi connectivity index (χ4n) is 2.31. The van der Waals surface area contributed by atoms with Gasteiger partial charge in [0.1, 0.15) is 12.4 Å². The number of nitrogens with zero attached hydrogens (tertiary/aromatic N) is 1. The van der Waals surface area contributed by atoms with Crippen molar-refractivity contribution in [1.82, 2.24) is 4.98 Å². The van der Waals surface area contributed by atoms with E-state index >= 15 is 0 Å². The van der Waals surface area contributed by atoms with Gasteiger partial charge in [0.25, 0.3) is 0 Å². The molecule has 2 N–H and O–H groups in total. The highest BCUT2D eigenvalue weighted by Gasteiger charge is 2.07. The summed E-state index contributed by atoms with van der Waals surface area (Å²) in [6, 6.07) is 15.8. The number of para-hydroxylation sites is 1. The smallest absolute Gasteiger partial charge is 0.136 e. The minimum absolute atomic E-state index is 0.478. The second kappa shape index (κ2) is 5.74. The van der Waals surface area contributed by atoms with Gasteiger partial charge in [0.2, 0.25) is 0 Å². The van der Waals surface area contributed by atoms with Crippen molar-refractivity contribution >= 4 is 32.5 Å². The summed E-state index contributed by atoms with van der Waals surface area (Å²) in [7, 11) is 0. The molecule has 0 atom stereocenters. The van der Waals surface area contributed by atoms with Gasteiger partial charge in [0.15, 0.2) is 0 Å². The van der Waals surface area contributed by atoms with Crippen LogP contribution in [0.2, 0.25) is 0 Å². The average Bonchev–Trinajstić information content (AvgIpc) is 2.48. The van der Waals surface area contributed by atoms with E-state index in [1.807, 2.05) is 43.3 Å². The van der Waals surface area contributed by atoms with E-state index in [4.69, 9.17) is 10.5 Å². The van der Waals surface area contributed by atoms with Gasteiger partial charge in [-0.1, -0.05) is 24.3 Å². The lowest BCUT2D eigenvalue weighted by atomic mass is 10.1. The first-order valence-corrected chi connectivity index (χ1v) is 7.46. The predicted molar refractivity (Wildman–Crippen MR) is 89.4 cm³/mol. The van der Waals surface area contributed by atoms with Crippen LogP contribution in [0.5, 0.6) is 5.75 Å². The molecule has 0 amide bonds. The SMILES string of the molecule is Cc1cc(COc2cccc(N)c2Br)c2ccccc2n1. The number of nitrogen functional groups attached to an aromatic ring is 1. The summed E-state index contributed by atoms with van der Waals surface area (Å²) in [5.74, 6) is 0.744. The number of aromatic nitrogens is 1. The molecule has 0 aliphatic carbocycles. The molecule has 0 aliphatic heterocycles. The topological polar surface area (TPSA) is 48.1 Å². The van der Waals surface area contributed by atoms with E-state index < -0.39 is 0 Å². The van der Waals surface area contributed by atoms with E-state index in [0.29, 0.717) is 12.3 Å². The van der Waals surface area contributed by atoms with Crippen molar-refractivity contribution < 1.29 is 4.74 Å². The summed E-state index contributed by atoms with van der Waals surface area (Å²) >= 11 is 3.46. The van der Waals surface area contributed by atoms with Crippen LogP contribution in [0.25, 0.3) is 10.9 Å². The molecule has 1 heterocycles. The molecule has 0 aliphatic rings. The maximum Gasteiger partial charge on any atom is 0.136 e. The minimum atomic E-state index is 0.478. The number of benzene rings is 2. The number of aryl methyl sites for hydroxylation is 1. The summed E-state index contributed by atoms with van der Waals surface area (Å²) in [4.78, 5) is 4.54. The Kier molecular flexibility index (Phi) is 3.80. The maximum atomic E-state index is 5.91. The molecule has 106 valence electrons. The first-order valence-electron chi connectivity index (χ1n) is 6.67. The van der Waals surface area contributed by atoms with E-state index in [1.54, 1.807) is 0 Å². The van der Waals surface area contributed by atoms with Gasteiger partial charge in [0.05, 0.1) is 9.99 Å². The Labute approximate surface area is 131 Å². The number of ether oxygens (including phenoxy) is 1. The summed E-state index contributed by atoms with van der Waals surface area (Å²) in [5.41, 5.74) is 9.63. The molecule has 0 fully saturated rings. The molecule has 0 saturated heterocycles. The minimum Gasteiger partial charge on any atom is -0.488 e. The van der Waals surface area contributed by atoms with E-state index in [-0.39, 0.29) is 0 Å². The van der Waals surface area contributed by atoms with Crippen molar-refractivity contribution in [2.45, 2.75) is 13.5 Å². The van der Waals surface area contributed by atoms with Gasteiger partial charge in [-0.25, -0.2) is 0 Å². The summed E-state index contributed by atoms with van der Waals surface area (Å²) in [6.45, 7) is 2.47. The van der Waals surface area contributed by atoms with Gasteiger partial charge < -0.3 is 10.5 Å². The van der Waals surface area contributed by atoms with Gasteiger partial charge in [-0.05, 0) is 47.1 Å². The third-order valence-electron chi connectivity index (χ3n) is 3.31. The van der Waals surface area contributed by atoms with Crippen molar-refractivity contribution in [3.05, 3.63) is 64.3 Å². The average molecular weight is 343 g/mol. The molecule has 21 heavy (non-hydrogen) atoms. The molecule has 0 saturated carbocycles. The number of nitrogens with two attached hydrogens (primary N) is 1. The predicted octanol–water partition coefficient (Wildman–Crippen LogP) is 4.47. The lowest BCUT2D eigenvalue weighted by Gasteiger charge is -2.12. The summed E-state index contributed by atoms with van der Waals surface area (Å²) < 4.78 is 6.70. The van der Waals surface area contributed by atoms with Crippen molar-refractivity contribution in [2.24, 2.45) is 0 Å². The van der Waals surface area contributed by atoms with Crippen LogP contribution in [0.1, 0.15) is 11.3 Å². The number of pyridine rings is 1. The Morgan fingerprint density at radius 2 is 1.95 bits per heavy atom. The molecule has 3 aromatic rings. The molecular weight excluding hydrogens is 328 g/mol. The molecule has 0 unspecified atom stereocenters. The fraction of sp³-hybridized carbons (Fsp3) is 0.118. The van der Waals surface area contributed by atoms with Crippen molar-refractivity contribution in [1.29, 1.82) is 0 Å². The molecule has 0 spiro atoms. The highest BCUT2D eigenvalue weighted by Crippen LogP contribution is 2.31. The second-order valence-corrected chi connectivity index (χ2v) is 5.68. The van der Waals surface area contributed by atoms with Crippen molar-refractivity contribution in [3.8, 4) is 5.75 Å². The Bertz CT molecular complexity index is 802. The van der Waals surface area contributed by atoms with Gasteiger partial charge >= 0.3 is 0 Å². The van der Waals surface area contributed by atoms with Crippen LogP contribution in [0.4, 0.5) is 5.69 Å². The van der Waals surface area contributed by atoms with Crippen LogP contribution in [0.3, 0.4) is 0 Å². The first kappa shape index (κ1) is 13.9. The number of hydrogen-bond acceptors (Lipinski definition) is 3. The molecule has 4 heteroatoms. The normalized spacial score (nSPS) is 10.8. The lowest BCUT2D eigenvalue weighted by molar-refractivity contribution is 0.306. The number of fused-ring (bicyclic) bond motifs is 1. The van der Waals surface area contributed by atoms with Crippen LogP contribution < -0.4 is 10.5 Å². The lowest BCUT2D eigenvalue weighted by Crippen LogP contribution is -2.00. The maximum absolute atomic E-state index is 5.91. The second-order valence-electron chi connectivity index (χ2n) is 4.89. The zero-order chi connectivity index (χ0) is 14.8. The molecule has 3 nitrogen and oxygen atoms in total. The number of anilines is 1. The van der Waals surface area contributed by atoms with Crippen LogP contribution in [0, 0.1) is 6.92 Å². The Morgan fingerprint density at radius 1 is 1.14 bits per heavy atom. The Morgan fingerprint density at radius 3 is 2.81 bits per heavy atom. The molecular formula is C17H15BrN2O. The Hall–Kier alpha value is -2.07. The van der Waals surface area contributed by atoms with E-state index in [2.05, 4.69) is 33.0 Å². The van der Waals surface area contributed by atoms with Crippen LogP contribution in [-0.4, -0.2) is 4.98 Å². The fourth-order valence-corrected chi connectivity index (χ4v) is 2.69. The number of halogens is 1. The van der Waals surface area contributed by atoms with E-state index in [1.165, 1.54) is 0 Å². The van der Waals surface area contributed by atoms with Gasteiger partial charge in [-0.2, -0.15) is 0 Å². The van der Waals surface area contributed by atoms with E-state index in [9.17, 15) is 0 Å². The van der Waals surface area contributed by atoms with Crippen LogP contribution in [-0.2, 0) is 6.61 Å². The highest BCUT2D eigenvalue weighted by atomic mass is 79.9. The molecule has 2 aromatic carbocycles. The van der Waals surface area contributed by atoms with Crippen molar-refractivity contribution in [3.63, 3.8) is 0 Å². The largest absolute Gasteiger partial charge is 0.488 e.